The van der Waals surface area contributed by atoms with Crippen LogP contribution in [0.15, 0.2) is 42.9 Å². The predicted octanol–water partition coefficient (Wildman–Crippen LogP) is 1.91. The number of anilines is 1. The molecule has 0 aliphatic carbocycles. The first-order chi connectivity index (χ1) is 10.3. The number of fused-ring (bicyclic) bond motifs is 1. The van der Waals surface area contributed by atoms with E-state index in [1.807, 2.05) is 25.2 Å². The van der Waals surface area contributed by atoms with Gasteiger partial charge in [0.05, 0.1) is 17.6 Å². The summed E-state index contributed by atoms with van der Waals surface area (Å²) in [5.41, 5.74) is 1.85. The van der Waals surface area contributed by atoms with Crippen LogP contribution in [0.25, 0.3) is 11.0 Å². The van der Waals surface area contributed by atoms with E-state index in [2.05, 4.69) is 37.2 Å². The first-order valence-electron chi connectivity index (χ1n) is 6.84. The molecule has 3 aromatic rings. The third kappa shape index (κ3) is 2.57. The van der Waals surface area contributed by atoms with E-state index in [0.717, 1.165) is 16.8 Å². The number of benzene rings is 1. The summed E-state index contributed by atoms with van der Waals surface area (Å²) >= 11 is 0. The highest BCUT2D eigenvalue weighted by Crippen LogP contribution is 2.30. The zero-order valence-electron chi connectivity index (χ0n) is 11.8. The maximum absolute atomic E-state index is 9.39. The van der Waals surface area contributed by atoms with Crippen LogP contribution < -0.4 is 4.90 Å². The molecule has 0 saturated heterocycles. The second-order valence-corrected chi connectivity index (χ2v) is 4.88. The molecule has 1 atom stereocenters. The Balaban J connectivity index is 2.01. The van der Waals surface area contributed by atoms with Crippen molar-refractivity contribution in [2.24, 2.45) is 0 Å². The van der Waals surface area contributed by atoms with Gasteiger partial charge in [-0.1, -0.05) is 30.3 Å². The summed E-state index contributed by atoms with van der Waals surface area (Å²) in [5, 5.41) is 17.1. The molecule has 0 saturated carbocycles. The molecule has 0 bridgehead atoms. The van der Waals surface area contributed by atoms with Gasteiger partial charge in [0.15, 0.2) is 5.65 Å². The van der Waals surface area contributed by atoms with Crippen molar-refractivity contribution in [3.05, 3.63) is 48.4 Å². The Morgan fingerprint density at radius 3 is 2.81 bits per heavy atom. The molecule has 0 amide bonds. The molecule has 108 valence electrons. The molecule has 2 aromatic heterocycles. The number of hydrogen-bond donors (Lipinski definition) is 2. The van der Waals surface area contributed by atoms with Gasteiger partial charge in [0, 0.05) is 13.7 Å². The summed E-state index contributed by atoms with van der Waals surface area (Å²) in [6.45, 7) is 0.115. The maximum Gasteiger partial charge on any atom is 0.160 e. The Labute approximate surface area is 122 Å². The molecule has 0 radical (unpaired) electrons. The molecule has 6 heteroatoms. The fourth-order valence-corrected chi connectivity index (χ4v) is 2.56. The summed E-state index contributed by atoms with van der Waals surface area (Å²) in [6.07, 6.45) is 3.87. The van der Waals surface area contributed by atoms with Crippen LogP contribution in [0.1, 0.15) is 18.0 Å². The van der Waals surface area contributed by atoms with Crippen LogP contribution in [-0.2, 0) is 0 Å². The van der Waals surface area contributed by atoms with Crippen molar-refractivity contribution in [3.8, 4) is 0 Å². The Kier molecular flexibility index (Phi) is 3.79. The number of aromatic amines is 1. The van der Waals surface area contributed by atoms with Gasteiger partial charge in [0.1, 0.15) is 12.1 Å². The summed E-state index contributed by atoms with van der Waals surface area (Å²) in [7, 11) is 1.97. The van der Waals surface area contributed by atoms with Crippen molar-refractivity contribution in [2.75, 3.05) is 18.6 Å². The monoisotopic (exact) mass is 283 g/mol. The second kappa shape index (κ2) is 5.88. The summed E-state index contributed by atoms with van der Waals surface area (Å²) in [4.78, 5) is 10.6. The molecule has 21 heavy (non-hydrogen) atoms. The van der Waals surface area contributed by atoms with E-state index in [1.165, 1.54) is 6.33 Å². The minimum Gasteiger partial charge on any atom is -0.396 e. The number of aromatic nitrogens is 4. The molecule has 0 aliphatic rings. The van der Waals surface area contributed by atoms with Crippen LogP contribution in [-0.4, -0.2) is 38.9 Å². The van der Waals surface area contributed by atoms with E-state index in [-0.39, 0.29) is 12.6 Å². The fraction of sp³-hybridized carbons (Fsp3) is 0.267. The molecule has 0 unspecified atom stereocenters. The Bertz CT molecular complexity index is 712. The molecule has 6 nitrogen and oxygen atoms in total. The minimum atomic E-state index is 0.0456. The highest BCUT2D eigenvalue weighted by molar-refractivity contribution is 5.86. The molecule has 1 aromatic carbocycles. The highest BCUT2D eigenvalue weighted by atomic mass is 16.3. The van der Waals surface area contributed by atoms with Gasteiger partial charge in [0.25, 0.3) is 0 Å². The van der Waals surface area contributed by atoms with Gasteiger partial charge in [-0.05, 0) is 12.0 Å². The molecule has 2 N–H and O–H groups in total. The largest absolute Gasteiger partial charge is 0.396 e. The van der Waals surface area contributed by atoms with Gasteiger partial charge in [-0.15, -0.1) is 0 Å². The molecule has 0 aliphatic heterocycles. The SMILES string of the molecule is CN(c1ncnc2[nH]ncc12)[C@H](CCO)c1ccccc1. The van der Waals surface area contributed by atoms with Crippen LogP contribution >= 0.6 is 0 Å². The van der Waals surface area contributed by atoms with E-state index in [0.29, 0.717) is 12.1 Å². The molecule has 0 spiro atoms. The van der Waals surface area contributed by atoms with E-state index >= 15 is 0 Å². The van der Waals surface area contributed by atoms with Gasteiger partial charge in [-0.25, -0.2) is 9.97 Å². The lowest BCUT2D eigenvalue weighted by atomic mass is 10.0. The first kappa shape index (κ1) is 13.5. The Hall–Kier alpha value is -2.47. The van der Waals surface area contributed by atoms with Crippen molar-refractivity contribution in [1.82, 2.24) is 20.2 Å². The average molecular weight is 283 g/mol. The Morgan fingerprint density at radius 1 is 1.24 bits per heavy atom. The predicted molar refractivity (Wildman–Crippen MR) is 81.0 cm³/mol. The third-order valence-electron chi connectivity index (χ3n) is 3.62. The lowest BCUT2D eigenvalue weighted by Crippen LogP contribution is -2.26. The van der Waals surface area contributed by atoms with Crippen LogP contribution in [0.2, 0.25) is 0 Å². The van der Waals surface area contributed by atoms with Gasteiger partial charge < -0.3 is 10.0 Å². The maximum atomic E-state index is 9.39. The smallest absolute Gasteiger partial charge is 0.160 e. The number of aliphatic hydroxyl groups is 1. The van der Waals surface area contributed by atoms with E-state index in [9.17, 15) is 5.11 Å². The summed E-state index contributed by atoms with van der Waals surface area (Å²) in [5.74, 6) is 0.802. The van der Waals surface area contributed by atoms with Crippen LogP contribution in [0, 0.1) is 0 Å². The number of rotatable bonds is 5. The first-order valence-corrected chi connectivity index (χ1v) is 6.84. The number of hydrogen-bond acceptors (Lipinski definition) is 5. The molecule has 3 rings (SSSR count). The van der Waals surface area contributed by atoms with E-state index < -0.39 is 0 Å². The zero-order chi connectivity index (χ0) is 14.7. The third-order valence-corrected chi connectivity index (χ3v) is 3.62. The van der Waals surface area contributed by atoms with Gasteiger partial charge >= 0.3 is 0 Å². The van der Waals surface area contributed by atoms with Crippen molar-refractivity contribution in [1.29, 1.82) is 0 Å². The summed E-state index contributed by atoms with van der Waals surface area (Å²) < 4.78 is 0. The van der Waals surface area contributed by atoms with Crippen molar-refractivity contribution >= 4 is 16.9 Å². The highest BCUT2D eigenvalue weighted by Gasteiger charge is 2.20. The quantitative estimate of drug-likeness (QED) is 0.748. The molecule has 2 heterocycles. The van der Waals surface area contributed by atoms with E-state index in [1.54, 1.807) is 6.20 Å². The van der Waals surface area contributed by atoms with Gasteiger partial charge in [-0.3, -0.25) is 5.10 Å². The van der Waals surface area contributed by atoms with Crippen LogP contribution in [0.4, 0.5) is 5.82 Å². The normalized spacial score (nSPS) is 12.5. The van der Waals surface area contributed by atoms with Gasteiger partial charge in [-0.2, -0.15) is 5.10 Å². The average Bonchev–Trinajstić information content (AvgIpc) is 3.01. The van der Waals surface area contributed by atoms with Crippen LogP contribution in [0.5, 0.6) is 0 Å². The van der Waals surface area contributed by atoms with Gasteiger partial charge in [0.2, 0.25) is 0 Å². The molecule has 0 fully saturated rings. The molecular formula is C15H17N5O. The number of nitrogens with zero attached hydrogens (tertiary/aromatic N) is 4. The van der Waals surface area contributed by atoms with Crippen molar-refractivity contribution < 1.29 is 5.11 Å². The number of H-pyrrole nitrogens is 1. The minimum absolute atomic E-state index is 0.0456. The molecular weight excluding hydrogens is 266 g/mol. The van der Waals surface area contributed by atoms with Crippen molar-refractivity contribution in [2.45, 2.75) is 12.5 Å². The number of nitrogens with one attached hydrogen (secondary N) is 1. The zero-order valence-corrected chi connectivity index (χ0v) is 11.8. The van der Waals surface area contributed by atoms with E-state index in [4.69, 9.17) is 0 Å². The standard InChI is InChI=1S/C15H17N5O/c1-20(13(7-8-21)11-5-3-2-4-6-11)15-12-9-18-19-14(12)16-10-17-15/h2-6,9-10,13,21H,7-8H2,1H3,(H,16,17,18,19)/t13-/m1/s1. The number of aliphatic hydroxyl groups excluding tert-OH is 1. The van der Waals surface area contributed by atoms with Crippen LogP contribution in [0.3, 0.4) is 0 Å². The summed E-state index contributed by atoms with van der Waals surface area (Å²) in [6, 6.07) is 10.2. The topological polar surface area (TPSA) is 77.9 Å². The second-order valence-electron chi connectivity index (χ2n) is 4.88. The lowest BCUT2D eigenvalue weighted by molar-refractivity contribution is 0.274. The van der Waals surface area contributed by atoms with Crippen molar-refractivity contribution in [3.63, 3.8) is 0 Å². The fourth-order valence-electron chi connectivity index (χ4n) is 2.56. The Morgan fingerprint density at radius 2 is 2.05 bits per heavy atom. The lowest BCUT2D eigenvalue weighted by Gasteiger charge is -2.29.